The minimum atomic E-state index is -4.69. The highest BCUT2D eigenvalue weighted by Crippen LogP contribution is 2.55. The molecule has 3 unspecified atom stereocenters. The van der Waals surface area contributed by atoms with E-state index in [1.807, 2.05) is 0 Å². The number of esters is 1. The van der Waals surface area contributed by atoms with Gasteiger partial charge in [-0.3, -0.25) is 23.7 Å². The molecular formula is C25H17Cl2F3N2O5S2. The van der Waals surface area contributed by atoms with Gasteiger partial charge in [-0.15, -0.1) is 0 Å². The summed E-state index contributed by atoms with van der Waals surface area (Å²) in [5.41, 5.74) is -0.865. The summed E-state index contributed by atoms with van der Waals surface area (Å²) in [7, 11) is 0. The molecule has 0 bridgehead atoms. The number of ether oxygens (including phenoxy) is 1. The Labute approximate surface area is 237 Å². The lowest BCUT2D eigenvalue weighted by Gasteiger charge is -2.31. The first-order valence-corrected chi connectivity index (χ1v) is 13.9. The first-order chi connectivity index (χ1) is 18.4. The SMILES string of the molecule is CCOC(=O)Cn1c2c(sc1=O)C(c1cccc(Cl)c1Cl)C1C(=O)N(c3cccc(C(F)(F)F)c3)C(=O)C1S2. The zero-order chi connectivity index (χ0) is 28.2. The largest absolute Gasteiger partial charge is 0.465 e. The van der Waals surface area contributed by atoms with Gasteiger partial charge in [0.05, 0.1) is 38.8 Å². The van der Waals surface area contributed by atoms with Crippen molar-refractivity contribution < 1.29 is 32.3 Å². The van der Waals surface area contributed by atoms with Crippen LogP contribution in [0.1, 0.15) is 28.8 Å². The predicted octanol–water partition coefficient (Wildman–Crippen LogP) is 5.59. The Kier molecular flexibility index (Phi) is 7.34. The van der Waals surface area contributed by atoms with E-state index in [-0.39, 0.29) is 27.4 Å². The number of halogens is 5. The molecule has 2 aliphatic rings. The van der Waals surface area contributed by atoms with Crippen LogP contribution in [0.2, 0.25) is 10.0 Å². The van der Waals surface area contributed by atoms with Crippen molar-refractivity contribution in [3.63, 3.8) is 0 Å². The Morgan fingerprint density at radius 2 is 1.79 bits per heavy atom. The monoisotopic (exact) mass is 616 g/mol. The van der Waals surface area contributed by atoms with Crippen LogP contribution in [0.5, 0.6) is 0 Å². The second kappa shape index (κ2) is 10.3. The van der Waals surface area contributed by atoms with E-state index in [1.54, 1.807) is 19.1 Å². The highest BCUT2D eigenvalue weighted by atomic mass is 35.5. The molecule has 0 aliphatic carbocycles. The van der Waals surface area contributed by atoms with Gasteiger partial charge in [0.15, 0.2) is 0 Å². The fourth-order valence-corrected chi connectivity index (χ4v) is 7.95. The molecule has 3 atom stereocenters. The van der Waals surface area contributed by atoms with Crippen molar-refractivity contribution in [2.75, 3.05) is 11.5 Å². The predicted molar refractivity (Wildman–Crippen MR) is 141 cm³/mol. The highest BCUT2D eigenvalue weighted by molar-refractivity contribution is 8.00. The Bertz CT molecular complexity index is 1570. The van der Waals surface area contributed by atoms with Crippen LogP contribution in [0.4, 0.5) is 18.9 Å². The van der Waals surface area contributed by atoms with E-state index in [0.717, 1.165) is 46.2 Å². The molecule has 3 aromatic rings. The van der Waals surface area contributed by atoms with Crippen LogP contribution in [0.15, 0.2) is 52.3 Å². The number of fused-ring (bicyclic) bond motifs is 2. The number of amides is 2. The number of imide groups is 1. The van der Waals surface area contributed by atoms with Gasteiger partial charge in [0, 0.05) is 10.8 Å². The maximum absolute atomic E-state index is 13.8. The van der Waals surface area contributed by atoms with E-state index < -0.39 is 58.0 Å². The molecule has 0 spiro atoms. The molecule has 2 aromatic carbocycles. The molecule has 0 radical (unpaired) electrons. The summed E-state index contributed by atoms with van der Waals surface area (Å²) in [6.45, 7) is 1.29. The summed E-state index contributed by atoms with van der Waals surface area (Å²) >= 11 is 14.5. The number of carbonyl (C=O) groups excluding carboxylic acids is 3. The van der Waals surface area contributed by atoms with Crippen LogP contribution in [0, 0.1) is 5.92 Å². The van der Waals surface area contributed by atoms with Crippen LogP contribution in [0.3, 0.4) is 0 Å². The van der Waals surface area contributed by atoms with Gasteiger partial charge in [0.1, 0.15) is 11.8 Å². The van der Waals surface area contributed by atoms with Crippen molar-refractivity contribution in [2.24, 2.45) is 5.92 Å². The number of thiazole rings is 1. The van der Waals surface area contributed by atoms with Gasteiger partial charge in [-0.2, -0.15) is 13.2 Å². The third-order valence-corrected chi connectivity index (χ3v) is 9.83. The second-order valence-electron chi connectivity index (χ2n) is 8.67. The topological polar surface area (TPSA) is 85.7 Å². The molecule has 39 heavy (non-hydrogen) atoms. The smallest absolute Gasteiger partial charge is 0.416 e. The van der Waals surface area contributed by atoms with Crippen molar-refractivity contribution in [1.29, 1.82) is 0 Å². The Morgan fingerprint density at radius 3 is 2.49 bits per heavy atom. The average Bonchev–Trinajstić information content (AvgIpc) is 3.32. The van der Waals surface area contributed by atoms with Crippen molar-refractivity contribution in [3.05, 3.63) is 78.2 Å². The van der Waals surface area contributed by atoms with E-state index in [1.165, 1.54) is 16.7 Å². The van der Waals surface area contributed by atoms with Gasteiger partial charge >= 0.3 is 17.0 Å². The number of carbonyl (C=O) groups is 3. The van der Waals surface area contributed by atoms with Crippen molar-refractivity contribution in [2.45, 2.75) is 35.8 Å². The molecule has 2 amide bonds. The lowest BCUT2D eigenvalue weighted by Crippen LogP contribution is -2.33. The number of aromatic nitrogens is 1. The number of thioether (sulfide) groups is 1. The Morgan fingerprint density at radius 1 is 1.08 bits per heavy atom. The van der Waals surface area contributed by atoms with Crippen LogP contribution in [-0.2, 0) is 31.8 Å². The first-order valence-electron chi connectivity index (χ1n) is 11.5. The maximum atomic E-state index is 13.8. The minimum Gasteiger partial charge on any atom is -0.465 e. The van der Waals surface area contributed by atoms with Gasteiger partial charge in [0.25, 0.3) is 0 Å². The highest BCUT2D eigenvalue weighted by Gasteiger charge is 2.57. The van der Waals surface area contributed by atoms with Crippen LogP contribution in [0.25, 0.3) is 0 Å². The molecule has 1 fully saturated rings. The number of alkyl halides is 3. The summed E-state index contributed by atoms with van der Waals surface area (Å²) in [6.07, 6.45) is -4.69. The minimum absolute atomic E-state index is 0.0947. The number of anilines is 1. The van der Waals surface area contributed by atoms with Crippen molar-refractivity contribution in [1.82, 2.24) is 4.57 Å². The molecule has 5 rings (SSSR count). The van der Waals surface area contributed by atoms with Gasteiger partial charge in [-0.1, -0.05) is 64.5 Å². The molecular weight excluding hydrogens is 600 g/mol. The van der Waals surface area contributed by atoms with Gasteiger partial charge in [-0.25, -0.2) is 4.90 Å². The standard InChI is InChI=1S/C25H17Cl2F3N2O5S2/c1-2-37-15(33)10-31-23-20(39-24(31)36)16(13-7-4-8-14(26)18(13)27)17-19(38-23)22(35)32(21(17)34)12-6-3-5-11(9-12)25(28,29)30/h3-9,16-17,19H,2,10H2,1H3. The summed E-state index contributed by atoms with van der Waals surface area (Å²) < 4.78 is 46.4. The molecule has 0 saturated carbocycles. The molecule has 1 aromatic heterocycles. The third kappa shape index (κ3) is 4.77. The molecule has 3 heterocycles. The number of nitrogens with zero attached hydrogens (tertiary/aromatic N) is 2. The fourth-order valence-electron chi connectivity index (χ4n) is 4.76. The number of benzene rings is 2. The third-order valence-electron chi connectivity index (χ3n) is 6.39. The Hall–Kier alpha value is -2.80. The lowest BCUT2D eigenvalue weighted by molar-refractivity contribution is -0.144. The van der Waals surface area contributed by atoms with Crippen LogP contribution < -0.4 is 9.77 Å². The molecule has 7 nitrogen and oxygen atoms in total. The van der Waals surface area contributed by atoms with E-state index in [0.29, 0.717) is 10.4 Å². The normalized spacial score (nSPS) is 20.7. The summed E-state index contributed by atoms with van der Waals surface area (Å²) in [5.74, 6) is -4.18. The fraction of sp³-hybridized carbons (Fsp3) is 0.280. The zero-order valence-electron chi connectivity index (χ0n) is 19.8. The lowest BCUT2D eigenvalue weighted by atomic mass is 9.83. The number of hydrogen-bond donors (Lipinski definition) is 0. The number of hydrogen-bond acceptors (Lipinski definition) is 7. The van der Waals surface area contributed by atoms with Crippen LogP contribution >= 0.6 is 46.3 Å². The second-order valence-corrected chi connectivity index (χ2v) is 11.6. The quantitative estimate of drug-likeness (QED) is 0.274. The van der Waals surface area contributed by atoms with Gasteiger partial charge in [0.2, 0.25) is 11.8 Å². The summed E-state index contributed by atoms with van der Waals surface area (Å²) in [5, 5.41) is -0.541. The van der Waals surface area contributed by atoms with Crippen LogP contribution in [-0.4, -0.2) is 34.2 Å². The first kappa shape index (κ1) is 27.8. The summed E-state index contributed by atoms with van der Waals surface area (Å²) in [6, 6.07) is 8.70. The van der Waals surface area contributed by atoms with E-state index in [4.69, 9.17) is 27.9 Å². The molecule has 0 N–H and O–H groups in total. The molecule has 2 aliphatic heterocycles. The van der Waals surface area contributed by atoms with Crippen molar-refractivity contribution in [3.8, 4) is 0 Å². The average molecular weight is 617 g/mol. The van der Waals surface area contributed by atoms with Gasteiger partial charge < -0.3 is 4.74 Å². The van der Waals surface area contributed by atoms with Gasteiger partial charge in [-0.05, 0) is 36.8 Å². The summed E-state index contributed by atoms with van der Waals surface area (Å²) in [4.78, 5) is 53.4. The Balaban J connectivity index is 1.67. The van der Waals surface area contributed by atoms with Crippen molar-refractivity contribution >= 4 is 69.8 Å². The van der Waals surface area contributed by atoms with E-state index >= 15 is 0 Å². The number of rotatable bonds is 5. The molecule has 1 saturated heterocycles. The van der Waals surface area contributed by atoms with E-state index in [9.17, 15) is 32.3 Å². The zero-order valence-corrected chi connectivity index (χ0v) is 23.0. The molecule has 204 valence electrons. The molecule has 14 heteroatoms. The maximum Gasteiger partial charge on any atom is 0.416 e. The van der Waals surface area contributed by atoms with E-state index in [2.05, 4.69) is 0 Å².